The van der Waals surface area contributed by atoms with Gasteiger partial charge in [0.2, 0.25) is 0 Å². The number of hydrogen-bond donors (Lipinski definition) is 0. The Morgan fingerprint density at radius 2 is 0.500 bits per heavy atom. The first-order valence-corrected chi connectivity index (χ1v) is 12.9. The van der Waals surface area contributed by atoms with E-state index in [2.05, 4.69) is 116 Å². The maximum absolute atomic E-state index is 2.38. The average Bonchev–Trinajstić information content (AvgIpc) is 2.77. The van der Waals surface area contributed by atoms with Crippen molar-refractivity contribution in [1.82, 2.24) is 0 Å². The van der Waals surface area contributed by atoms with Gasteiger partial charge in [-0.15, -0.1) is 32.8 Å². The van der Waals surface area contributed by atoms with Crippen LogP contribution in [0.2, 0.25) is 0 Å². The minimum Gasteiger partial charge on any atom is -0.102 e. The fraction of sp³-hybridized carbons (Fsp3) is 0.143. The summed E-state index contributed by atoms with van der Waals surface area (Å²) in [6.07, 6.45) is 0. The Labute approximate surface area is 220 Å². The number of hydrogen-bond acceptors (Lipinski definition) is 0. The summed E-state index contributed by atoms with van der Waals surface area (Å²) >= 11 is 0. The summed E-state index contributed by atoms with van der Waals surface area (Å²) in [4.78, 5) is 0. The Hall–Kier alpha value is -1.50. The summed E-state index contributed by atoms with van der Waals surface area (Å²) in [5.41, 5.74) is 26.0. The van der Waals surface area contributed by atoms with E-state index in [0.29, 0.717) is 5.92 Å². The van der Waals surface area contributed by atoms with Crippen LogP contribution in [0.1, 0.15) is 25.3 Å². The second kappa shape index (κ2) is 9.52. The highest BCUT2D eigenvalue weighted by molar-refractivity contribution is 6.71. The standard InChI is InChI=1S/C21H33B13/c1-3(2)4-9(22)5(7-12(25)16(29)20(33)17(30)13(7)26)11(24)6(10(4)23)8-14(27)18(31)21(34)19(32)15(8)28/h3H,22-34H2,1-2H3. The molecule has 156 valence electrons. The van der Waals surface area contributed by atoms with Crippen LogP contribution < -0.4 is 71.0 Å². The lowest BCUT2D eigenvalue weighted by atomic mass is 9.55. The molecule has 0 aliphatic carbocycles. The van der Waals surface area contributed by atoms with Gasteiger partial charge in [-0.3, -0.25) is 0 Å². The van der Waals surface area contributed by atoms with Gasteiger partial charge in [-0.1, -0.05) is 57.7 Å². The van der Waals surface area contributed by atoms with Gasteiger partial charge in [0.15, 0.2) is 0 Å². The maximum Gasteiger partial charge on any atom is 0.140 e. The predicted octanol–water partition coefficient (Wildman–Crippen LogP) is -16.5. The average molecular weight is 426 g/mol. The summed E-state index contributed by atoms with van der Waals surface area (Å²) in [7, 11) is 30.2. The van der Waals surface area contributed by atoms with Gasteiger partial charge in [0.05, 0.1) is 0 Å². The molecule has 0 saturated carbocycles. The molecule has 3 rings (SSSR count). The molecule has 0 saturated heterocycles. The molecule has 0 amide bonds. The number of benzene rings is 3. The summed E-state index contributed by atoms with van der Waals surface area (Å²) < 4.78 is 0. The van der Waals surface area contributed by atoms with Crippen LogP contribution in [0.15, 0.2) is 0 Å². The molecule has 0 nitrogen and oxygen atoms in total. The van der Waals surface area contributed by atoms with Gasteiger partial charge in [-0.2, -0.15) is 0 Å². The van der Waals surface area contributed by atoms with Crippen molar-refractivity contribution < 1.29 is 0 Å². The van der Waals surface area contributed by atoms with Gasteiger partial charge < -0.3 is 0 Å². The van der Waals surface area contributed by atoms with Crippen molar-refractivity contribution in [3.63, 3.8) is 0 Å². The summed E-state index contributed by atoms with van der Waals surface area (Å²) in [6.45, 7) is 4.71. The van der Waals surface area contributed by atoms with Crippen molar-refractivity contribution >= 4 is 173 Å². The molecule has 0 radical (unpaired) electrons. The van der Waals surface area contributed by atoms with E-state index in [-0.39, 0.29) is 0 Å². The van der Waals surface area contributed by atoms with E-state index in [1.54, 1.807) is 0 Å². The van der Waals surface area contributed by atoms with E-state index >= 15 is 0 Å². The zero-order chi connectivity index (χ0) is 26.0. The van der Waals surface area contributed by atoms with Gasteiger partial charge in [-0.25, -0.2) is 0 Å². The molecule has 0 fully saturated rings. The van der Waals surface area contributed by atoms with Crippen LogP contribution in [0.5, 0.6) is 0 Å². The normalized spacial score (nSPS) is 11.3. The monoisotopic (exact) mass is 428 g/mol. The molecule has 0 heterocycles. The molecule has 34 heavy (non-hydrogen) atoms. The zero-order valence-corrected chi connectivity index (χ0v) is 24.6. The molecule has 0 atom stereocenters. The highest BCUT2D eigenvalue weighted by Gasteiger charge is 2.25. The summed E-state index contributed by atoms with van der Waals surface area (Å²) in [5, 5.41) is 0. The first-order chi connectivity index (χ1) is 15.7. The lowest BCUT2D eigenvalue weighted by molar-refractivity contribution is 0.881. The Balaban J connectivity index is 2.66. The minimum atomic E-state index is 0.472. The van der Waals surface area contributed by atoms with Crippen molar-refractivity contribution in [1.29, 1.82) is 0 Å². The second-order valence-corrected chi connectivity index (χ2v) is 11.2. The molecule has 0 spiro atoms. The second-order valence-electron chi connectivity index (χ2n) is 11.2. The third-order valence-corrected chi connectivity index (χ3v) is 9.39. The third-order valence-electron chi connectivity index (χ3n) is 9.39. The Morgan fingerprint density at radius 1 is 0.294 bits per heavy atom. The van der Waals surface area contributed by atoms with Crippen LogP contribution in [0, 0.1) is 0 Å². The van der Waals surface area contributed by atoms with E-state index in [0.717, 1.165) is 0 Å². The highest BCUT2D eigenvalue weighted by atomic mass is 14.2. The zero-order valence-electron chi connectivity index (χ0n) is 24.6. The fourth-order valence-electron chi connectivity index (χ4n) is 6.60. The van der Waals surface area contributed by atoms with Gasteiger partial charge in [-0.05, 0) is 28.2 Å². The molecule has 0 unspecified atom stereocenters. The lowest BCUT2D eigenvalue weighted by Gasteiger charge is -2.31. The topological polar surface area (TPSA) is 0 Å². The Bertz CT molecular complexity index is 1200. The van der Waals surface area contributed by atoms with E-state index in [9.17, 15) is 0 Å². The first kappa shape index (κ1) is 27.1. The molecule has 0 aromatic heterocycles. The molecule has 0 aliphatic rings. The number of rotatable bonds is 3. The lowest BCUT2D eigenvalue weighted by Crippen LogP contribution is -2.57. The maximum atomic E-state index is 2.38. The van der Waals surface area contributed by atoms with Crippen LogP contribution in [-0.2, 0) is 0 Å². The first-order valence-electron chi connectivity index (χ1n) is 12.9. The third kappa shape index (κ3) is 3.90. The largest absolute Gasteiger partial charge is 0.140 e. The minimum absolute atomic E-state index is 0.472. The van der Waals surface area contributed by atoms with Gasteiger partial charge in [0.1, 0.15) is 102 Å². The van der Waals surface area contributed by atoms with Crippen molar-refractivity contribution in [3.05, 3.63) is 5.56 Å². The quantitative estimate of drug-likeness (QED) is 0.366. The van der Waals surface area contributed by atoms with Crippen molar-refractivity contribution in [2.24, 2.45) is 0 Å². The molecule has 0 bridgehead atoms. The van der Waals surface area contributed by atoms with E-state index < -0.39 is 0 Å². The predicted molar refractivity (Wildman–Crippen MR) is 198 cm³/mol. The molecular weight excluding hydrogens is 393 g/mol. The van der Waals surface area contributed by atoms with E-state index in [1.165, 1.54) is 98.8 Å². The van der Waals surface area contributed by atoms with Gasteiger partial charge in [0, 0.05) is 0 Å². The molecule has 0 aliphatic heterocycles. The highest BCUT2D eigenvalue weighted by Crippen LogP contribution is 2.21. The Morgan fingerprint density at radius 3 is 0.735 bits per heavy atom. The van der Waals surface area contributed by atoms with Crippen LogP contribution in [0.25, 0.3) is 22.3 Å². The van der Waals surface area contributed by atoms with Crippen molar-refractivity contribution in [2.45, 2.75) is 19.8 Å². The van der Waals surface area contributed by atoms with Crippen LogP contribution in [-0.4, -0.2) is 102 Å². The molecule has 13 heteroatoms. The molecular formula is C21H33B13. The van der Waals surface area contributed by atoms with Crippen molar-refractivity contribution in [3.8, 4) is 22.3 Å². The van der Waals surface area contributed by atoms with Crippen LogP contribution >= 0.6 is 0 Å². The van der Waals surface area contributed by atoms with Gasteiger partial charge >= 0.3 is 0 Å². The SMILES string of the molecule is Bc1c(B)c(B)c(-c2c(B)c(-c3c(B)c(B)c(B)c(B)c3B)c(B)c(C(C)C)c2B)c(B)c1B. The summed E-state index contributed by atoms with van der Waals surface area (Å²) in [6, 6.07) is 0. The fourth-order valence-corrected chi connectivity index (χ4v) is 6.60. The molecule has 3 aromatic rings. The van der Waals surface area contributed by atoms with Gasteiger partial charge in [0.25, 0.3) is 0 Å². The van der Waals surface area contributed by atoms with E-state index in [1.807, 2.05) is 0 Å². The van der Waals surface area contributed by atoms with E-state index in [4.69, 9.17) is 0 Å². The molecule has 0 N–H and O–H groups in total. The molecule has 3 aromatic carbocycles. The smallest absolute Gasteiger partial charge is 0.102 e. The van der Waals surface area contributed by atoms with Crippen LogP contribution in [0.3, 0.4) is 0 Å². The Kier molecular flexibility index (Phi) is 7.58. The summed E-state index contributed by atoms with van der Waals surface area (Å²) in [5.74, 6) is 0.472. The van der Waals surface area contributed by atoms with Crippen molar-refractivity contribution in [2.75, 3.05) is 0 Å². The van der Waals surface area contributed by atoms with Crippen LogP contribution in [0.4, 0.5) is 0 Å².